The lowest BCUT2D eigenvalue weighted by atomic mass is 10.4. The van der Waals surface area contributed by atoms with Crippen LogP contribution in [0.15, 0.2) is 0 Å². The lowest BCUT2D eigenvalue weighted by molar-refractivity contribution is 0.0570. The van der Waals surface area contributed by atoms with Gasteiger partial charge in [-0.25, -0.2) is 0 Å². The standard InChI is InChI=1S/C6H13BrO2S/c1-10-3-2-9-5-6(8)4-7/h6,8H,2-5H2,1H3. The van der Waals surface area contributed by atoms with E-state index < -0.39 is 0 Å². The summed E-state index contributed by atoms with van der Waals surface area (Å²) in [6, 6.07) is 0. The summed E-state index contributed by atoms with van der Waals surface area (Å²) in [4.78, 5) is 0. The van der Waals surface area contributed by atoms with Crippen LogP contribution in [0.1, 0.15) is 0 Å². The van der Waals surface area contributed by atoms with E-state index >= 15 is 0 Å². The molecule has 2 nitrogen and oxygen atoms in total. The van der Waals surface area contributed by atoms with Crippen molar-refractivity contribution in [2.45, 2.75) is 6.10 Å². The SMILES string of the molecule is CSCCOCC(O)CBr. The van der Waals surface area contributed by atoms with Crippen molar-refractivity contribution in [3.05, 3.63) is 0 Å². The zero-order chi connectivity index (χ0) is 7.82. The number of hydrogen-bond acceptors (Lipinski definition) is 3. The highest BCUT2D eigenvalue weighted by Crippen LogP contribution is 1.94. The van der Waals surface area contributed by atoms with Crippen LogP contribution in [0.4, 0.5) is 0 Å². The van der Waals surface area contributed by atoms with E-state index in [9.17, 15) is 0 Å². The molecule has 0 aromatic carbocycles. The molecule has 1 N–H and O–H groups in total. The topological polar surface area (TPSA) is 29.5 Å². The van der Waals surface area contributed by atoms with E-state index in [-0.39, 0.29) is 6.10 Å². The summed E-state index contributed by atoms with van der Waals surface area (Å²) in [5, 5.41) is 9.57. The zero-order valence-electron chi connectivity index (χ0n) is 6.05. The molecule has 0 aliphatic carbocycles. The molecule has 0 spiro atoms. The van der Waals surface area contributed by atoms with E-state index in [0.29, 0.717) is 11.9 Å². The van der Waals surface area contributed by atoms with Crippen LogP contribution < -0.4 is 0 Å². The summed E-state index contributed by atoms with van der Waals surface area (Å²) < 4.78 is 5.13. The van der Waals surface area contributed by atoms with Crippen molar-refractivity contribution in [1.29, 1.82) is 0 Å². The zero-order valence-corrected chi connectivity index (χ0v) is 8.45. The van der Waals surface area contributed by atoms with E-state index in [1.54, 1.807) is 11.8 Å². The number of thioether (sulfide) groups is 1. The summed E-state index contributed by atoms with van der Waals surface area (Å²) in [5.74, 6) is 0.995. The molecule has 62 valence electrons. The van der Waals surface area contributed by atoms with Crippen molar-refractivity contribution < 1.29 is 9.84 Å². The minimum Gasteiger partial charge on any atom is -0.390 e. The summed E-state index contributed by atoms with van der Waals surface area (Å²) >= 11 is 4.89. The van der Waals surface area contributed by atoms with Gasteiger partial charge in [0, 0.05) is 11.1 Å². The molecule has 0 fully saturated rings. The largest absolute Gasteiger partial charge is 0.390 e. The number of ether oxygens (including phenoxy) is 1. The third kappa shape index (κ3) is 6.86. The highest BCUT2D eigenvalue weighted by atomic mass is 79.9. The van der Waals surface area contributed by atoms with Gasteiger partial charge in [-0.05, 0) is 6.26 Å². The van der Waals surface area contributed by atoms with Crippen molar-refractivity contribution in [3.8, 4) is 0 Å². The van der Waals surface area contributed by atoms with E-state index in [1.807, 2.05) is 6.26 Å². The number of hydrogen-bond donors (Lipinski definition) is 1. The molecule has 1 atom stereocenters. The second-order valence-corrected chi connectivity index (χ2v) is 3.51. The second-order valence-electron chi connectivity index (χ2n) is 1.88. The molecule has 1 unspecified atom stereocenters. The molecule has 0 aromatic heterocycles. The monoisotopic (exact) mass is 228 g/mol. The highest BCUT2D eigenvalue weighted by Gasteiger charge is 1.99. The van der Waals surface area contributed by atoms with Crippen LogP contribution in [0, 0.1) is 0 Å². The quantitative estimate of drug-likeness (QED) is 0.546. The Morgan fingerprint density at radius 1 is 1.70 bits per heavy atom. The normalized spacial score (nSPS) is 13.5. The summed E-state index contributed by atoms with van der Waals surface area (Å²) in [5.41, 5.74) is 0. The van der Waals surface area contributed by atoms with E-state index in [2.05, 4.69) is 15.9 Å². The van der Waals surface area contributed by atoms with Crippen molar-refractivity contribution in [1.82, 2.24) is 0 Å². The Morgan fingerprint density at radius 2 is 2.40 bits per heavy atom. The van der Waals surface area contributed by atoms with Crippen molar-refractivity contribution >= 4 is 27.7 Å². The maximum atomic E-state index is 8.98. The first-order valence-electron chi connectivity index (χ1n) is 3.12. The molecular formula is C6H13BrO2S. The molecular weight excluding hydrogens is 216 g/mol. The molecule has 4 heteroatoms. The van der Waals surface area contributed by atoms with Crippen molar-refractivity contribution in [2.24, 2.45) is 0 Å². The predicted molar refractivity (Wildman–Crippen MR) is 49.0 cm³/mol. The fourth-order valence-electron chi connectivity index (χ4n) is 0.406. The second kappa shape index (κ2) is 7.85. The average Bonchev–Trinajstić information content (AvgIpc) is 1.98. The average molecular weight is 229 g/mol. The molecule has 0 saturated heterocycles. The fourth-order valence-corrected chi connectivity index (χ4v) is 0.878. The first-order valence-corrected chi connectivity index (χ1v) is 5.63. The van der Waals surface area contributed by atoms with Gasteiger partial charge < -0.3 is 9.84 Å². The Hall–Kier alpha value is 0.750. The van der Waals surface area contributed by atoms with Gasteiger partial charge in [0.05, 0.1) is 19.3 Å². The lowest BCUT2D eigenvalue weighted by Gasteiger charge is -2.06. The van der Waals surface area contributed by atoms with Crippen LogP contribution in [0.2, 0.25) is 0 Å². The summed E-state index contributed by atoms with van der Waals surface area (Å²) in [6.07, 6.45) is 1.67. The molecule has 0 aromatic rings. The number of aliphatic hydroxyl groups is 1. The Morgan fingerprint density at radius 3 is 2.90 bits per heavy atom. The minimum absolute atomic E-state index is 0.359. The smallest absolute Gasteiger partial charge is 0.0870 e. The van der Waals surface area contributed by atoms with Crippen LogP contribution in [-0.2, 0) is 4.74 Å². The number of aliphatic hydroxyl groups excluding tert-OH is 1. The first kappa shape index (κ1) is 10.8. The maximum Gasteiger partial charge on any atom is 0.0870 e. The van der Waals surface area contributed by atoms with Gasteiger partial charge in [-0.15, -0.1) is 0 Å². The third-order valence-electron chi connectivity index (χ3n) is 0.920. The van der Waals surface area contributed by atoms with Crippen LogP contribution >= 0.6 is 27.7 Å². The maximum absolute atomic E-state index is 8.98. The van der Waals surface area contributed by atoms with E-state index in [0.717, 1.165) is 12.4 Å². The number of halogens is 1. The molecule has 0 amide bonds. The Balaban J connectivity index is 2.89. The van der Waals surface area contributed by atoms with Gasteiger partial charge in [0.25, 0.3) is 0 Å². The van der Waals surface area contributed by atoms with Crippen LogP contribution in [-0.4, -0.2) is 41.8 Å². The van der Waals surface area contributed by atoms with Crippen LogP contribution in [0.5, 0.6) is 0 Å². The van der Waals surface area contributed by atoms with E-state index in [1.165, 1.54) is 0 Å². The van der Waals surface area contributed by atoms with Gasteiger partial charge in [0.2, 0.25) is 0 Å². The summed E-state index contributed by atoms with van der Waals surface area (Å²) in [7, 11) is 0. The van der Waals surface area contributed by atoms with Gasteiger partial charge in [-0.3, -0.25) is 0 Å². The van der Waals surface area contributed by atoms with Crippen molar-refractivity contribution in [2.75, 3.05) is 30.6 Å². The van der Waals surface area contributed by atoms with E-state index in [4.69, 9.17) is 9.84 Å². The first-order chi connectivity index (χ1) is 4.81. The molecule has 0 radical (unpaired) electrons. The fraction of sp³-hybridized carbons (Fsp3) is 1.00. The molecule has 0 aliphatic rings. The van der Waals surface area contributed by atoms with Crippen LogP contribution in [0.25, 0.3) is 0 Å². The summed E-state index contributed by atoms with van der Waals surface area (Å²) in [6.45, 7) is 1.16. The molecule has 0 heterocycles. The minimum atomic E-state index is -0.359. The number of alkyl halides is 1. The Labute approximate surface area is 74.5 Å². The Bertz CT molecular complexity index is 72.8. The van der Waals surface area contributed by atoms with Gasteiger partial charge in [-0.1, -0.05) is 15.9 Å². The Kier molecular flexibility index (Phi) is 8.44. The van der Waals surface area contributed by atoms with Crippen LogP contribution in [0.3, 0.4) is 0 Å². The molecule has 0 aliphatic heterocycles. The molecule has 0 rings (SSSR count). The molecule has 10 heavy (non-hydrogen) atoms. The molecule has 0 bridgehead atoms. The molecule has 0 saturated carbocycles. The highest BCUT2D eigenvalue weighted by molar-refractivity contribution is 9.09. The predicted octanol–water partition coefficient (Wildman–Crippen LogP) is 1.12. The third-order valence-corrected chi connectivity index (χ3v) is 2.24. The van der Waals surface area contributed by atoms with Gasteiger partial charge >= 0.3 is 0 Å². The van der Waals surface area contributed by atoms with Gasteiger partial charge in [-0.2, -0.15) is 11.8 Å². The lowest BCUT2D eigenvalue weighted by Crippen LogP contribution is -2.17. The van der Waals surface area contributed by atoms with Crippen molar-refractivity contribution in [3.63, 3.8) is 0 Å². The van der Waals surface area contributed by atoms with Gasteiger partial charge in [0.1, 0.15) is 0 Å². The van der Waals surface area contributed by atoms with Gasteiger partial charge in [0.15, 0.2) is 0 Å². The number of rotatable bonds is 6.